The smallest absolute Gasteiger partial charge is 0.204 e. The van der Waals surface area contributed by atoms with Gasteiger partial charge < -0.3 is 30.4 Å². The van der Waals surface area contributed by atoms with Gasteiger partial charge in [0, 0.05) is 30.7 Å². The highest BCUT2D eigenvalue weighted by Crippen LogP contribution is 2.57. The van der Waals surface area contributed by atoms with Crippen LogP contribution in [-0.2, 0) is 14.4 Å². The number of carbonyl (C=O) groups excluding carboxylic acids is 2. The van der Waals surface area contributed by atoms with Gasteiger partial charge >= 0.3 is 0 Å². The first-order valence-electron chi connectivity index (χ1n) is 13.9. The minimum Gasteiger partial charge on any atom is -0.511 e. The molecule has 0 aromatic rings. The highest BCUT2D eigenvalue weighted by Gasteiger charge is 2.65. The summed E-state index contributed by atoms with van der Waals surface area (Å²) in [7, 11) is 1.54. The fourth-order valence-electron chi connectivity index (χ4n) is 7.89. The molecule has 4 rings (SSSR count). The van der Waals surface area contributed by atoms with Crippen LogP contribution in [0.15, 0.2) is 23.0 Å². The van der Waals surface area contributed by atoms with E-state index in [9.17, 15) is 35.1 Å². The number of rotatable bonds is 7. The lowest BCUT2D eigenvalue weighted by atomic mass is 9.49. The van der Waals surface area contributed by atoms with Crippen LogP contribution in [0.5, 0.6) is 0 Å². The summed E-state index contributed by atoms with van der Waals surface area (Å²) in [4.78, 5) is 30.5. The molecule has 0 aliphatic heterocycles. The van der Waals surface area contributed by atoms with Crippen LogP contribution in [0.25, 0.3) is 0 Å². The van der Waals surface area contributed by atoms with Gasteiger partial charge in [0.15, 0.2) is 11.4 Å². The number of aliphatic hydroxyl groups is 5. The largest absolute Gasteiger partial charge is 0.511 e. The van der Waals surface area contributed by atoms with E-state index in [0.717, 1.165) is 25.3 Å². The normalized spacial score (nSPS) is 41.2. The highest BCUT2D eigenvalue weighted by molar-refractivity contribution is 6.23. The molecule has 2 saturated carbocycles. The number of Topliss-reactive ketones (excluding diaryl/α,β-unsaturated/α-hetero) is 2. The van der Waals surface area contributed by atoms with Crippen molar-refractivity contribution in [3.05, 3.63) is 23.0 Å². The number of ketones is 2. The van der Waals surface area contributed by atoms with Crippen molar-refractivity contribution in [1.29, 1.82) is 0 Å². The lowest BCUT2D eigenvalue weighted by Crippen LogP contribution is -2.69. The van der Waals surface area contributed by atoms with Crippen molar-refractivity contribution in [2.45, 2.75) is 90.1 Å². The summed E-state index contributed by atoms with van der Waals surface area (Å²) in [6, 6.07) is 0. The summed E-state index contributed by atoms with van der Waals surface area (Å²) in [6.07, 6.45) is 1.76. The van der Waals surface area contributed by atoms with E-state index in [1.807, 2.05) is 0 Å². The second kappa shape index (κ2) is 10.7. The molecule has 7 unspecified atom stereocenters. The quantitative estimate of drug-likeness (QED) is 0.163. The summed E-state index contributed by atoms with van der Waals surface area (Å²) in [6.45, 7) is 8.16. The molecule has 0 spiro atoms. The molecule has 4 aliphatic carbocycles. The van der Waals surface area contributed by atoms with Gasteiger partial charge in [0.05, 0.1) is 25.4 Å². The predicted molar refractivity (Wildman–Crippen MR) is 140 cm³/mol. The monoisotopic (exact) mass is 535 g/mol. The molecule has 0 amide bonds. The van der Waals surface area contributed by atoms with Gasteiger partial charge in [-0.3, -0.25) is 9.59 Å². The van der Waals surface area contributed by atoms with E-state index in [1.54, 1.807) is 7.11 Å². The highest BCUT2D eigenvalue weighted by atomic mass is 16.6. The average Bonchev–Trinajstić information content (AvgIpc) is 2.81. The van der Waals surface area contributed by atoms with Crippen LogP contribution in [-0.4, -0.2) is 74.7 Å². The third kappa shape index (κ3) is 5.02. The third-order valence-electron chi connectivity index (χ3n) is 9.68. The summed E-state index contributed by atoms with van der Waals surface area (Å²) in [5.74, 6) is -4.57. The number of allylic oxidation sites excluding steroid dienone is 1. The fourth-order valence-corrected chi connectivity index (χ4v) is 7.89. The Balaban J connectivity index is 1.65. The Kier molecular flexibility index (Phi) is 8.30. The fraction of sp³-hybridized carbons (Fsp3) is 0.793. The zero-order valence-corrected chi connectivity index (χ0v) is 23.2. The molecule has 0 heterocycles. The van der Waals surface area contributed by atoms with E-state index in [4.69, 9.17) is 4.84 Å². The van der Waals surface area contributed by atoms with Gasteiger partial charge in [-0.15, -0.1) is 0 Å². The Morgan fingerprint density at radius 1 is 1.18 bits per heavy atom. The number of nitrogens with one attached hydrogen (secondary N) is 1. The maximum Gasteiger partial charge on any atom is 0.204 e. The molecule has 214 valence electrons. The van der Waals surface area contributed by atoms with E-state index in [-0.39, 0.29) is 35.3 Å². The topological polar surface area (TPSA) is 157 Å². The summed E-state index contributed by atoms with van der Waals surface area (Å²) in [5, 5.41) is 56.8. The Labute approximate surface area is 224 Å². The van der Waals surface area contributed by atoms with E-state index in [2.05, 4.69) is 32.3 Å². The molecule has 38 heavy (non-hydrogen) atoms. The molecule has 0 saturated heterocycles. The van der Waals surface area contributed by atoms with Gasteiger partial charge in [-0.05, 0) is 67.8 Å². The van der Waals surface area contributed by atoms with Crippen LogP contribution in [0.1, 0.15) is 66.2 Å². The van der Waals surface area contributed by atoms with Crippen molar-refractivity contribution in [3.8, 4) is 0 Å². The number of hydrogen-bond acceptors (Lipinski definition) is 9. The Hall–Kier alpha value is -1.62. The van der Waals surface area contributed by atoms with E-state index < -0.39 is 58.8 Å². The van der Waals surface area contributed by atoms with Crippen LogP contribution in [0.4, 0.5) is 0 Å². The van der Waals surface area contributed by atoms with Crippen molar-refractivity contribution in [1.82, 2.24) is 5.48 Å². The molecule has 0 bridgehead atoms. The van der Waals surface area contributed by atoms with Crippen molar-refractivity contribution >= 4 is 11.6 Å². The van der Waals surface area contributed by atoms with Crippen molar-refractivity contribution in [2.24, 2.45) is 40.9 Å². The van der Waals surface area contributed by atoms with Gasteiger partial charge in [0.1, 0.15) is 11.3 Å². The van der Waals surface area contributed by atoms with Gasteiger partial charge in [-0.25, -0.2) is 5.48 Å². The van der Waals surface area contributed by atoms with Gasteiger partial charge in [0.2, 0.25) is 5.78 Å². The molecule has 9 nitrogen and oxygen atoms in total. The zero-order valence-electron chi connectivity index (χ0n) is 23.2. The van der Waals surface area contributed by atoms with Crippen molar-refractivity contribution < 1.29 is 40.0 Å². The molecule has 10 atom stereocenters. The standard InChI is InChI=1S/C29H45NO8/c1-14(31)21-20(32)12-18-10-16-11-19-17(13-30-38-5)9-15(7-6-8-28(2,3)4)24(33)23(19)25(34)22(16)27(36)29(18,37)26(21)35/h9,16-19,22-25,27,30,32-34,36-37H,6-8,10-13H2,1-5H3/t16-,17?,18+,19?,22?,23?,24?,25?,27?,29-/m1/s1. The molecular formula is C29H45NO8. The second-order valence-electron chi connectivity index (χ2n) is 13.2. The molecular weight excluding hydrogens is 490 g/mol. The van der Waals surface area contributed by atoms with Crippen LogP contribution < -0.4 is 5.48 Å². The third-order valence-corrected chi connectivity index (χ3v) is 9.68. The maximum atomic E-state index is 13.3. The first kappa shape index (κ1) is 29.4. The summed E-state index contributed by atoms with van der Waals surface area (Å²) >= 11 is 0. The van der Waals surface area contributed by atoms with Crippen LogP contribution in [0.3, 0.4) is 0 Å². The number of aliphatic hydroxyl groups excluding tert-OH is 4. The minimum absolute atomic E-state index is 0.0212. The summed E-state index contributed by atoms with van der Waals surface area (Å²) in [5.41, 5.74) is 1.19. The van der Waals surface area contributed by atoms with E-state index >= 15 is 0 Å². The minimum atomic E-state index is -2.27. The first-order valence-corrected chi connectivity index (χ1v) is 13.9. The SMILES string of the molecule is CONCC1C=C(CCCC(C)(C)C)C(O)C2C(O)C3C(O)[C@]4(O)C(=O)C(C(C)=O)=C(O)C[C@@H]4C[C@@H]3CC12. The van der Waals surface area contributed by atoms with Gasteiger partial charge in [-0.2, -0.15) is 0 Å². The number of carbonyl (C=O) groups is 2. The molecule has 0 radical (unpaired) electrons. The van der Waals surface area contributed by atoms with Gasteiger partial charge in [-0.1, -0.05) is 26.8 Å². The van der Waals surface area contributed by atoms with Crippen molar-refractivity contribution in [3.63, 3.8) is 0 Å². The molecule has 0 aromatic heterocycles. The molecule has 9 heteroatoms. The predicted octanol–water partition coefficient (Wildman–Crippen LogP) is 1.99. The molecule has 2 fully saturated rings. The van der Waals surface area contributed by atoms with E-state index in [0.29, 0.717) is 25.8 Å². The van der Waals surface area contributed by atoms with Crippen LogP contribution >= 0.6 is 0 Å². The van der Waals surface area contributed by atoms with Gasteiger partial charge in [0.25, 0.3) is 0 Å². The number of fused-ring (bicyclic) bond motifs is 3. The molecule has 0 aromatic carbocycles. The first-order chi connectivity index (χ1) is 17.7. The van der Waals surface area contributed by atoms with E-state index in [1.165, 1.54) is 0 Å². The maximum absolute atomic E-state index is 13.3. The Bertz CT molecular complexity index is 999. The van der Waals surface area contributed by atoms with Crippen LogP contribution in [0.2, 0.25) is 0 Å². The van der Waals surface area contributed by atoms with Crippen molar-refractivity contribution in [2.75, 3.05) is 13.7 Å². The molecule has 6 N–H and O–H groups in total. The number of hydroxylamine groups is 1. The lowest BCUT2D eigenvalue weighted by Gasteiger charge is -2.59. The lowest BCUT2D eigenvalue weighted by molar-refractivity contribution is -0.224. The Morgan fingerprint density at radius 3 is 2.47 bits per heavy atom. The second-order valence-corrected chi connectivity index (χ2v) is 13.2. The summed E-state index contributed by atoms with van der Waals surface area (Å²) < 4.78 is 0. The zero-order chi connectivity index (χ0) is 28.2. The molecule has 4 aliphatic rings. The Morgan fingerprint density at radius 2 is 1.87 bits per heavy atom. The average molecular weight is 536 g/mol. The number of hydrogen-bond donors (Lipinski definition) is 6. The van der Waals surface area contributed by atoms with Crippen LogP contribution in [0, 0.1) is 40.9 Å².